The van der Waals surface area contributed by atoms with Gasteiger partial charge in [-0.3, -0.25) is 9.59 Å². The van der Waals surface area contributed by atoms with Crippen LogP contribution < -0.4 is 0 Å². The Morgan fingerprint density at radius 2 is 2.00 bits per heavy atom. The van der Waals surface area contributed by atoms with E-state index in [2.05, 4.69) is 0 Å². The summed E-state index contributed by atoms with van der Waals surface area (Å²) in [6, 6.07) is 9.57. The molecule has 20 heavy (non-hydrogen) atoms. The van der Waals surface area contributed by atoms with Crippen molar-refractivity contribution in [3.05, 3.63) is 59.5 Å². The van der Waals surface area contributed by atoms with Crippen molar-refractivity contribution in [1.29, 1.82) is 0 Å². The zero-order valence-electron chi connectivity index (χ0n) is 10.8. The summed E-state index contributed by atoms with van der Waals surface area (Å²) in [5.74, 6) is -1.53. The van der Waals surface area contributed by atoms with Crippen LogP contribution in [0.1, 0.15) is 33.6 Å². The van der Waals surface area contributed by atoms with E-state index in [0.717, 1.165) is 0 Å². The van der Waals surface area contributed by atoms with Gasteiger partial charge in [0.15, 0.2) is 0 Å². The molecule has 1 N–H and O–H groups in total. The van der Waals surface area contributed by atoms with Gasteiger partial charge in [-0.1, -0.05) is 18.2 Å². The van der Waals surface area contributed by atoms with Crippen molar-refractivity contribution in [3.8, 4) is 0 Å². The number of fused-ring (bicyclic) bond motifs is 1. The molecule has 0 saturated heterocycles. The second-order valence-electron chi connectivity index (χ2n) is 4.78. The Balaban J connectivity index is 2.21. The molecule has 3 rings (SSSR count). The fourth-order valence-electron chi connectivity index (χ4n) is 2.76. The van der Waals surface area contributed by atoms with Crippen LogP contribution in [-0.4, -0.2) is 28.9 Å². The standard InChI is InChI=1S/C15H13NO4/c1-16-13(11-7-4-8-20-11)12(15(18)19)9-5-2-3-6-10(9)14(16)17/h2-8,12-13H,1H3,(H,18,19)/t12-,13+/m0/s1. The van der Waals surface area contributed by atoms with Crippen LogP contribution in [0.2, 0.25) is 0 Å². The molecule has 102 valence electrons. The third-order valence-corrected chi connectivity index (χ3v) is 3.68. The Kier molecular flexibility index (Phi) is 2.82. The number of furan rings is 1. The van der Waals surface area contributed by atoms with E-state index in [1.807, 2.05) is 0 Å². The summed E-state index contributed by atoms with van der Waals surface area (Å²) < 4.78 is 5.33. The van der Waals surface area contributed by atoms with Crippen molar-refractivity contribution in [1.82, 2.24) is 4.90 Å². The lowest BCUT2D eigenvalue weighted by atomic mass is 9.82. The fourth-order valence-corrected chi connectivity index (χ4v) is 2.76. The first kappa shape index (κ1) is 12.5. The number of carbonyl (C=O) groups is 2. The van der Waals surface area contributed by atoms with Crippen molar-refractivity contribution in [2.45, 2.75) is 12.0 Å². The second-order valence-corrected chi connectivity index (χ2v) is 4.78. The molecule has 5 heteroatoms. The van der Waals surface area contributed by atoms with Crippen molar-refractivity contribution >= 4 is 11.9 Å². The number of rotatable bonds is 2. The topological polar surface area (TPSA) is 70.8 Å². The van der Waals surface area contributed by atoms with Crippen LogP contribution in [-0.2, 0) is 4.79 Å². The quantitative estimate of drug-likeness (QED) is 0.909. The van der Waals surface area contributed by atoms with Gasteiger partial charge in [-0.2, -0.15) is 0 Å². The molecule has 0 aliphatic carbocycles. The van der Waals surface area contributed by atoms with Gasteiger partial charge in [-0.15, -0.1) is 0 Å². The number of hydrogen-bond donors (Lipinski definition) is 1. The van der Waals surface area contributed by atoms with Gasteiger partial charge in [0.05, 0.1) is 6.26 Å². The highest BCUT2D eigenvalue weighted by Gasteiger charge is 2.43. The summed E-state index contributed by atoms with van der Waals surface area (Å²) in [6.07, 6.45) is 1.48. The molecule has 0 fully saturated rings. The van der Waals surface area contributed by atoms with Crippen LogP contribution in [0.15, 0.2) is 47.1 Å². The number of hydrogen-bond acceptors (Lipinski definition) is 3. The number of amides is 1. The molecule has 1 aromatic carbocycles. The lowest BCUT2D eigenvalue weighted by Crippen LogP contribution is -2.42. The first-order valence-electron chi connectivity index (χ1n) is 6.23. The smallest absolute Gasteiger partial charge is 0.313 e. The minimum Gasteiger partial charge on any atom is -0.481 e. The van der Waals surface area contributed by atoms with E-state index >= 15 is 0 Å². The van der Waals surface area contributed by atoms with E-state index in [1.54, 1.807) is 43.4 Å². The third-order valence-electron chi connectivity index (χ3n) is 3.68. The summed E-state index contributed by atoms with van der Waals surface area (Å²) >= 11 is 0. The maximum atomic E-state index is 12.4. The maximum absolute atomic E-state index is 12.4. The number of likely N-dealkylation sites (N-methyl/N-ethyl adjacent to an activating group) is 1. The number of carboxylic acids is 1. The largest absolute Gasteiger partial charge is 0.481 e. The summed E-state index contributed by atoms with van der Waals surface area (Å²) in [7, 11) is 1.60. The van der Waals surface area contributed by atoms with Gasteiger partial charge in [-0.25, -0.2) is 0 Å². The molecule has 1 aromatic heterocycles. The van der Waals surface area contributed by atoms with Crippen molar-refractivity contribution < 1.29 is 19.1 Å². The molecule has 1 amide bonds. The van der Waals surface area contributed by atoms with E-state index in [4.69, 9.17) is 4.42 Å². The van der Waals surface area contributed by atoms with Crippen molar-refractivity contribution in [2.75, 3.05) is 7.05 Å². The van der Waals surface area contributed by atoms with Gasteiger partial charge >= 0.3 is 5.97 Å². The third kappa shape index (κ3) is 1.71. The molecule has 2 heterocycles. The highest BCUT2D eigenvalue weighted by Crippen LogP contribution is 2.41. The van der Waals surface area contributed by atoms with Crippen LogP contribution >= 0.6 is 0 Å². The van der Waals surface area contributed by atoms with Gasteiger partial charge < -0.3 is 14.4 Å². The second kappa shape index (κ2) is 4.52. The SMILES string of the molecule is CN1C(=O)c2ccccc2[C@H](C(=O)O)[C@H]1c1ccco1. The zero-order chi connectivity index (χ0) is 14.3. The molecule has 0 bridgehead atoms. The van der Waals surface area contributed by atoms with Gasteiger partial charge in [0, 0.05) is 12.6 Å². The molecular weight excluding hydrogens is 258 g/mol. The van der Waals surface area contributed by atoms with E-state index in [0.29, 0.717) is 16.9 Å². The van der Waals surface area contributed by atoms with Crippen LogP contribution in [0.5, 0.6) is 0 Å². The first-order chi connectivity index (χ1) is 9.61. The molecule has 5 nitrogen and oxygen atoms in total. The molecule has 2 aromatic rings. The van der Waals surface area contributed by atoms with E-state index < -0.39 is 17.9 Å². The van der Waals surface area contributed by atoms with Gasteiger partial charge in [-0.05, 0) is 23.8 Å². The van der Waals surface area contributed by atoms with E-state index in [-0.39, 0.29) is 5.91 Å². The molecule has 1 aliphatic rings. The minimum absolute atomic E-state index is 0.195. The Morgan fingerprint density at radius 3 is 2.65 bits per heavy atom. The number of aliphatic carboxylic acids is 1. The van der Waals surface area contributed by atoms with Gasteiger partial charge in [0.2, 0.25) is 0 Å². The van der Waals surface area contributed by atoms with Crippen LogP contribution in [0.3, 0.4) is 0 Å². The molecule has 0 radical (unpaired) electrons. The minimum atomic E-state index is -0.974. The average Bonchev–Trinajstić information content (AvgIpc) is 2.96. The summed E-state index contributed by atoms with van der Waals surface area (Å²) in [5, 5.41) is 9.58. The van der Waals surface area contributed by atoms with Crippen LogP contribution in [0, 0.1) is 0 Å². The molecule has 2 atom stereocenters. The normalized spacial score (nSPS) is 21.6. The number of carbonyl (C=O) groups excluding carboxylic acids is 1. The molecular formula is C15H13NO4. The summed E-state index contributed by atoms with van der Waals surface area (Å²) in [6.45, 7) is 0. The van der Waals surface area contributed by atoms with Crippen LogP contribution in [0.4, 0.5) is 0 Å². The molecule has 1 aliphatic heterocycles. The predicted octanol–water partition coefficient (Wildman–Crippen LogP) is 2.27. The molecule has 0 unspecified atom stereocenters. The zero-order valence-corrected chi connectivity index (χ0v) is 10.8. The Hall–Kier alpha value is -2.56. The molecule has 0 saturated carbocycles. The highest BCUT2D eigenvalue weighted by molar-refractivity contribution is 6.00. The Labute approximate surface area is 115 Å². The van der Waals surface area contributed by atoms with Gasteiger partial charge in [0.25, 0.3) is 5.91 Å². The fraction of sp³-hybridized carbons (Fsp3) is 0.200. The van der Waals surface area contributed by atoms with Crippen molar-refractivity contribution in [3.63, 3.8) is 0 Å². The lowest BCUT2D eigenvalue weighted by molar-refractivity contribution is -0.140. The van der Waals surface area contributed by atoms with Gasteiger partial charge in [0.1, 0.15) is 17.7 Å². The monoisotopic (exact) mass is 271 g/mol. The maximum Gasteiger partial charge on any atom is 0.313 e. The van der Waals surface area contributed by atoms with Crippen LogP contribution in [0.25, 0.3) is 0 Å². The first-order valence-corrected chi connectivity index (χ1v) is 6.23. The summed E-state index contributed by atoms with van der Waals surface area (Å²) in [4.78, 5) is 25.5. The highest BCUT2D eigenvalue weighted by atomic mass is 16.4. The average molecular weight is 271 g/mol. The predicted molar refractivity (Wildman–Crippen MR) is 70.4 cm³/mol. The Bertz CT molecular complexity index is 662. The van der Waals surface area contributed by atoms with Crippen molar-refractivity contribution in [2.24, 2.45) is 0 Å². The lowest BCUT2D eigenvalue weighted by Gasteiger charge is -2.36. The Morgan fingerprint density at radius 1 is 1.25 bits per heavy atom. The number of carboxylic acid groups (broad SMARTS) is 1. The summed E-state index contributed by atoms with van der Waals surface area (Å²) in [5.41, 5.74) is 0.967. The molecule has 0 spiro atoms. The van der Waals surface area contributed by atoms with E-state index in [1.165, 1.54) is 11.2 Å². The number of benzene rings is 1. The van der Waals surface area contributed by atoms with E-state index in [9.17, 15) is 14.7 Å². The number of nitrogens with zero attached hydrogens (tertiary/aromatic N) is 1.